The molecule has 7 rings (SSSR count). The highest BCUT2D eigenvalue weighted by Gasteiger charge is 2.75. The van der Waals surface area contributed by atoms with Crippen molar-refractivity contribution in [3.05, 3.63) is 75.3 Å². The second kappa shape index (κ2) is 7.39. The minimum absolute atomic E-state index is 0.105. The number of methoxy groups -OCH3 is 1. The number of ether oxygens (including phenoxy) is 1. The molecule has 40 heavy (non-hydrogen) atoms. The largest absolute Gasteiger partial charge is 0.508 e. The lowest BCUT2D eigenvalue weighted by Gasteiger charge is -2.64. The van der Waals surface area contributed by atoms with Crippen LogP contribution in [0, 0.1) is 5.92 Å². The van der Waals surface area contributed by atoms with Crippen LogP contribution in [0.4, 0.5) is 5.69 Å². The van der Waals surface area contributed by atoms with E-state index in [1.165, 1.54) is 26.2 Å². The van der Waals surface area contributed by atoms with Crippen LogP contribution in [0.3, 0.4) is 0 Å². The lowest BCUT2D eigenvalue weighted by Crippen LogP contribution is -2.75. The SMILES string of the molecule is CO[C@H]1C(=O)[C@H](C)[C@]2(O)[C@H]3Nc4c(cc(O)c5c4C(=O)c4c(O)ccc(O)c4C5=O)[C@]2(O)[C@H]1c1c(O)cccc13. The van der Waals surface area contributed by atoms with Crippen LogP contribution >= 0.6 is 0 Å². The van der Waals surface area contributed by atoms with Crippen LogP contribution in [0.5, 0.6) is 23.0 Å². The molecule has 6 atom stereocenters. The zero-order valence-corrected chi connectivity index (χ0v) is 21.1. The van der Waals surface area contributed by atoms with Gasteiger partial charge in [-0.15, -0.1) is 0 Å². The third-order valence-electron chi connectivity index (χ3n) is 9.24. The molecule has 0 radical (unpaired) electrons. The number of Topliss-reactive ketones (excluding diaryl/α,β-unsaturated/α-hetero) is 1. The Morgan fingerprint density at radius 1 is 0.825 bits per heavy atom. The van der Waals surface area contributed by atoms with Crippen LogP contribution in [-0.2, 0) is 15.1 Å². The maximum absolute atomic E-state index is 13.9. The second-order valence-electron chi connectivity index (χ2n) is 10.8. The van der Waals surface area contributed by atoms with Crippen molar-refractivity contribution in [3.8, 4) is 23.0 Å². The van der Waals surface area contributed by atoms with Gasteiger partial charge in [0, 0.05) is 18.2 Å². The highest BCUT2D eigenvalue weighted by Crippen LogP contribution is 2.68. The summed E-state index contributed by atoms with van der Waals surface area (Å²) in [7, 11) is 1.26. The van der Waals surface area contributed by atoms with E-state index in [-0.39, 0.29) is 28.1 Å². The van der Waals surface area contributed by atoms with Gasteiger partial charge >= 0.3 is 0 Å². The number of aromatic hydroxyl groups is 4. The Morgan fingerprint density at radius 3 is 2.05 bits per heavy atom. The fourth-order valence-electron chi connectivity index (χ4n) is 7.49. The number of hydrogen-bond donors (Lipinski definition) is 7. The Kier molecular flexibility index (Phi) is 4.54. The van der Waals surface area contributed by atoms with E-state index in [1.54, 1.807) is 6.07 Å². The molecule has 204 valence electrons. The van der Waals surface area contributed by atoms with Crippen molar-refractivity contribution in [1.29, 1.82) is 0 Å². The average Bonchev–Trinajstić information content (AvgIpc) is 2.91. The molecule has 0 spiro atoms. The zero-order chi connectivity index (χ0) is 28.6. The van der Waals surface area contributed by atoms with E-state index in [9.17, 15) is 45.0 Å². The normalized spacial score (nSPS) is 31.1. The van der Waals surface area contributed by atoms with Gasteiger partial charge in [0.15, 0.2) is 5.78 Å². The molecule has 11 nitrogen and oxygen atoms in total. The van der Waals surface area contributed by atoms with E-state index >= 15 is 0 Å². The molecule has 0 unspecified atom stereocenters. The van der Waals surface area contributed by atoms with Crippen LogP contribution < -0.4 is 5.32 Å². The smallest absolute Gasteiger partial charge is 0.202 e. The first-order valence-corrected chi connectivity index (χ1v) is 12.6. The quantitative estimate of drug-likeness (QED) is 0.172. The predicted molar refractivity (Wildman–Crippen MR) is 136 cm³/mol. The van der Waals surface area contributed by atoms with Crippen molar-refractivity contribution in [2.75, 3.05) is 12.4 Å². The van der Waals surface area contributed by atoms with Crippen molar-refractivity contribution < 1.29 is 49.8 Å². The first-order valence-electron chi connectivity index (χ1n) is 12.6. The number of benzene rings is 3. The molecule has 1 heterocycles. The van der Waals surface area contributed by atoms with E-state index in [4.69, 9.17) is 4.74 Å². The van der Waals surface area contributed by atoms with Gasteiger partial charge < -0.3 is 40.7 Å². The fourth-order valence-corrected chi connectivity index (χ4v) is 7.49. The van der Waals surface area contributed by atoms with Gasteiger partial charge in [0.1, 0.15) is 40.3 Å². The van der Waals surface area contributed by atoms with Crippen LogP contribution in [0.1, 0.15) is 67.4 Å². The molecule has 0 amide bonds. The van der Waals surface area contributed by atoms with Gasteiger partial charge in [0.2, 0.25) is 11.6 Å². The Balaban J connectivity index is 1.61. The van der Waals surface area contributed by atoms with Crippen molar-refractivity contribution >= 4 is 23.0 Å². The van der Waals surface area contributed by atoms with Crippen LogP contribution in [0.25, 0.3) is 0 Å². The molecule has 1 aliphatic heterocycles. The summed E-state index contributed by atoms with van der Waals surface area (Å²) in [5.74, 6) is -7.11. The first-order chi connectivity index (χ1) is 18.9. The minimum atomic E-state index is -2.42. The molecule has 11 heteroatoms. The van der Waals surface area contributed by atoms with E-state index < -0.39 is 86.5 Å². The summed E-state index contributed by atoms with van der Waals surface area (Å²) in [4.78, 5) is 40.9. The number of phenols is 4. The Labute approximate surface area is 225 Å². The lowest BCUT2D eigenvalue weighted by atomic mass is 9.47. The molecule has 4 aliphatic rings. The number of hydrogen-bond acceptors (Lipinski definition) is 11. The van der Waals surface area contributed by atoms with Gasteiger partial charge in [-0.1, -0.05) is 19.1 Å². The van der Waals surface area contributed by atoms with E-state index in [1.807, 2.05) is 0 Å². The summed E-state index contributed by atoms with van der Waals surface area (Å²) in [5, 5.41) is 71.0. The number of ketones is 3. The highest BCUT2D eigenvalue weighted by molar-refractivity contribution is 6.33. The number of carbonyl (C=O) groups excluding carboxylic acids is 3. The van der Waals surface area contributed by atoms with Gasteiger partial charge in [-0.3, -0.25) is 14.4 Å². The van der Waals surface area contributed by atoms with Crippen LogP contribution in [-0.4, -0.2) is 66.8 Å². The molecule has 3 aromatic carbocycles. The third kappa shape index (κ3) is 2.41. The standard InChI is InChI=1S/C29H23NO10/c1-9-23(35)26(40-2)21-16-10(4-3-5-12(16)31)27-28(9,38)29(21,39)11-8-15(34)19-20(22(11)30-27)25(37)18-14(33)7-6-13(32)17(18)24(19)36/h3-9,21,26-27,30-34,38-39H,1-2H3/t9-,21-,26+,27-,28-,29-/m0/s1. The average molecular weight is 546 g/mol. The van der Waals surface area contributed by atoms with Crippen molar-refractivity contribution in [1.82, 2.24) is 0 Å². The Bertz CT molecular complexity index is 1750. The molecule has 0 saturated heterocycles. The number of aliphatic hydroxyl groups is 2. The van der Waals surface area contributed by atoms with Crippen molar-refractivity contribution in [3.63, 3.8) is 0 Å². The molecule has 1 fully saturated rings. The summed E-state index contributed by atoms with van der Waals surface area (Å²) in [6.07, 6.45) is -1.34. The second-order valence-corrected chi connectivity index (χ2v) is 10.8. The molecule has 1 saturated carbocycles. The van der Waals surface area contributed by atoms with Gasteiger partial charge in [-0.2, -0.15) is 0 Å². The van der Waals surface area contributed by atoms with Crippen LogP contribution in [0.15, 0.2) is 36.4 Å². The summed E-state index contributed by atoms with van der Waals surface area (Å²) in [6, 6.07) is 6.37. The van der Waals surface area contributed by atoms with E-state index in [0.29, 0.717) is 5.56 Å². The number of carbonyl (C=O) groups is 3. The summed E-state index contributed by atoms with van der Waals surface area (Å²) in [6.45, 7) is 1.44. The number of rotatable bonds is 1. The molecule has 4 bridgehead atoms. The Morgan fingerprint density at radius 2 is 1.43 bits per heavy atom. The first kappa shape index (κ1) is 24.6. The number of anilines is 1. The Hall–Kier alpha value is -4.45. The van der Waals surface area contributed by atoms with Gasteiger partial charge in [0.25, 0.3) is 0 Å². The van der Waals surface area contributed by atoms with Crippen molar-refractivity contribution in [2.45, 2.75) is 36.2 Å². The summed E-state index contributed by atoms with van der Waals surface area (Å²) in [5.41, 5.74) is -6.30. The maximum Gasteiger partial charge on any atom is 0.202 e. The van der Waals surface area contributed by atoms with Gasteiger partial charge in [-0.05, 0) is 29.8 Å². The van der Waals surface area contributed by atoms with Crippen molar-refractivity contribution in [2.24, 2.45) is 5.92 Å². The molecule has 3 aliphatic carbocycles. The molecule has 7 N–H and O–H groups in total. The number of nitrogens with one attached hydrogen (secondary N) is 1. The molecular weight excluding hydrogens is 522 g/mol. The number of phenolic OH excluding ortho intramolecular Hbond substituents is 4. The monoisotopic (exact) mass is 545 g/mol. The summed E-state index contributed by atoms with van der Waals surface area (Å²) < 4.78 is 5.55. The molecular formula is C29H23NO10. The summed E-state index contributed by atoms with van der Waals surface area (Å²) >= 11 is 0. The molecule has 3 aromatic rings. The lowest BCUT2D eigenvalue weighted by molar-refractivity contribution is -0.248. The number of fused-ring (bicyclic) bond motifs is 7. The maximum atomic E-state index is 13.9. The van der Waals surface area contributed by atoms with E-state index in [2.05, 4.69) is 5.32 Å². The highest BCUT2D eigenvalue weighted by atomic mass is 16.5. The zero-order valence-electron chi connectivity index (χ0n) is 21.1. The van der Waals surface area contributed by atoms with E-state index in [0.717, 1.165) is 18.2 Å². The fraction of sp³-hybridized carbons (Fsp3) is 0.276. The topological polar surface area (TPSA) is 194 Å². The van der Waals surface area contributed by atoms with Gasteiger partial charge in [0.05, 0.1) is 45.8 Å². The molecule has 0 aromatic heterocycles. The van der Waals surface area contributed by atoms with Crippen LogP contribution in [0.2, 0.25) is 0 Å². The third-order valence-corrected chi connectivity index (χ3v) is 9.24. The minimum Gasteiger partial charge on any atom is -0.508 e. The van der Waals surface area contributed by atoms with Gasteiger partial charge in [-0.25, -0.2) is 0 Å². The predicted octanol–water partition coefficient (Wildman–Crippen LogP) is 1.70.